The number of benzene rings is 3. The number of carboxylic acids is 1. The summed E-state index contributed by atoms with van der Waals surface area (Å²) in [5.41, 5.74) is 5.08. The second-order valence-corrected chi connectivity index (χ2v) is 10.3. The quantitative estimate of drug-likeness (QED) is 0.347. The van der Waals surface area contributed by atoms with E-state index in [2.05, 4.69) is 22.3 Å². The van der Waals surface area contributed by atoms with Gasteiger partial charge in [0.25, 0.3) is 0 Å². The Bertz CT molecular complexity index is 1290. The highest BCUT2D eigenvalue weighted by atomic mass is 16.5. The van der Waals surface area contributed by atoms with E-state index in [4.69, 9.17) is 14.2 Å². The molecule has 1 aliphatic heterocycles. The molecule has 1 fully saturated rings. The average Bonchev–Trinajstić information content (AvgIpc) is 3.30. The van der Waals surface area contributed by atoms with Gasteiger partial charge in [0.05, 0.1) is 7.11 Å². The van der Waals surface area contributed by atoms with Crippen LogP contribution in [0.4, 0.5) is 4.79 Å². The SMILES string of the molecule is COc1cccc(CC(NC(=O)OCC2c3ccccc3-c3ccccc32)C(=O)O)c1OCCN1CCCCC1. The van der Waals surface area contributed by atoms with Gasteiger partial charge in [-0.2, -0.15) is 0 Å². The van der Waals surface area contributed by atoms with E-state index in [9.17, 15) is 14.7 Å². The van der Waals surface area contributed by atoms with Crippen molar-refractivity contribution in [1.82, 2.24) is 10.2 Å². The first kappa shape index (κ1) is 27.5. The molecule has 0 aromatic heterocycles. The van der Waals surface area contributed by atoms with Gasteiger partial charge in [-0.1, -0.05) is 67.1 Å². The number of piperidine rings is 1. The lowest BCUT2D eigenvalue weighted by Crippen LogP contribution is -2.43. The van der Waals surface area contributed by atoms with E-state index in [1.54, 1.807) is 25.3 Å². The molecule has 0 saturated carbocycles. The standard InChI is InChI=1S/C32H36N2O6/c1-38-29-15-9-10-22(30(29)39-19-18-34-16-7-2-8-17-34)20-28(31(35)36)33-32(37)40-21-27-25-13-5-3-11-23(25)24-12-4-6-14-26(24)27/h3-6,9-15,27-28H,2,7-8,16-21H2,1H3,(H,33,37)(H,35,36). The fraction of sp³-hybridized carbons (Fsp3) is 0.375. The smallest absolute Gasteiger partial charge is 0.407 e. The second-order valence-electron chi connectivity index (χ2n) is 10.3. The Labute approximate surface area is 234 Å². The summed E-state index contributed by atoms with van der Waals surface area (Å²) >= 11 is 0. The number of aliphatic carboxylic acids is 1. The Balaban J connectivity index is 1.23. The van der Waals surface area contributed by atoms with E-state index in [1.807, 2.05) is 36.4 Å². The molecule has 1 atom stereocenters. The van der Waals surface area contributed by atoms with Crippen LogP contribution in [0, 0.1) is 0 Å². The van der Waals surface area contributed by atoms with Gasteiger partial charge < -0.3 is 24.6 Å². The van der Waals surface area contributed by atoms with Gasteiger partial charge in [-0.15, -0.1) is 0 Å². The molecule has 1 aliphatic carbocycles. The van der Waals surface area contributed by atoms with Crippen LogP contribution in [-0.4, -0.2) is 68.1 Å². The third-order valence-electron chi connectivity index (χ3n) is 7.74. The lowest BCUT2D eigenvalue weighted by Gasteiger charge is -2.26. The van der Waals surface area contributed by atoms with Crippen LogP contribution in [0.25, 0.3) is 11.1 Å². The molecule has 2 aliphatic rings. The van der Waals surface area contributed by atoms with Crippen molar-refractivity contribution >= 4 is 12.1 Å². The lowest BCUT2D eigenvalue weighted by atomic mass is 9.98. The number of likely N-dealkylation sites (tertiary alicyclic amines) is 1. The Morgan fingerprint density at radius 1 is 0.950 bits per heavy atom. The number of carboxylic acid groups (broad SMARTS) is 1. The van der Waals surface area contributed by atoms with Crippen LogP contribution in [-0.2, 0) is 16.0 Å². The first-order valence-electron chi connectivity index (χ1n) is 13.9. The number of para-hydroxylation sites is 1. The molecule has 1 amide bonds. The minimum absolute atomic E-state index is 0.0236. The summed E-state index contributed by atoms with van der Waals surface area (Å²) in [5, 5.41) is 12.5. The number of rotatable bonds is 11. The molecule has 5 rings (SSSR count). The second kappa shape index (κ2) is 12.9. The topological polar surface area (TPSA) is 97.3 Å². The number of carbonyl (C=O) groups is 2. The molecule has 0 spiro atoms. The van der Waals surface area contributed by atoms with Crippen LogP contribution in [0.1, 0.15) is 41.9 Å². The first-order valence-corrected chi connectivity index (χ1v) is 13.9. The molecule has 3 aromatic rings. The number of fused-ring (bicyclic) bond motifs is 3. The van der Waals surface area contributed by atoms with E-state index in [0.717, 1.165) is 41.9 Å². The zero-order chi connectivity index (χ0) is 27.9. The minimum Gasteiger partial charge on any atom is -0.493 e. The Hall–Kier alpha value is -4.04. The number of nitrogens with zero attached hydrogens (tertiary/aromatic N) is 1. The molecular weight excluding hydrogens is 508 g/mol. The highest BCUT2D eigenvalue weighted by molar-refractivity contribution is 5.81. The molecule has 1 unspecified atom stereocenters. The van der Waals surface area contributed by atoms with E-state index in [-0.39, 0.29) is 18.9 Å². The maximum atomic E-state index is 12.8. The molecule has 2 N–H and O–H groups in total. The number of nitrogens with one attached hydrogen (secondary N) is 1. The van der Waals surface area contributed by atoms with Crippen molar-refractivity contribution in [3.8, 4) is 22.6 Å². The monoisotopic (exact) mass is 544 g/mol. The van der Waals surface area contributed by atoms with Gasteiger partial charge in [0.2, 0.25) is 0 Å². The van der Waals surface area contributed by atoms with Crippen molar-refractivity contribution in [2.45, 2.75) is 37.6 Å². The third kappa shape index (κ3) is 6.23. The van der Waals surface area contributed by atoms with E-state index in [1.165, 1.54) is 19.3 Å². The van der Waals surface area contributed by atoms with Crippen molar-refractivity contribution in [2.24, 2.45) is 0 Å². The van der Waals surface area contributed by atoms with Gasteiger partial charge in [-0.25, -0.2) is 9.59 Å². The van der Waals surface area contributed by atoms with Crippen molar-refractivity contribution in [1.29, 1.82) is 0 Å². The van der Waals surface area contributed by atoms with Gasteiger partial charge in [0, 0.05) is 24.4 Å². The summed E-state index contributed by atoms with van der Waals surface area (Å²) in [4.78, 5) is 27.4. The van der Waals surface area contributed by atoms with Crippen LogP contribution in [0.5, 0.6) is 11.5 Å². The van der Waals surface area contributed by atoms with Gasteiger partial charge >= 0.3 is 12.1 Å². The fourth-order valence-electron chi connectivity index (χ4n) is 5.71. The predicted octanol–water partition coefficient (Wildman–Crippen LogP) is 5.09. The fourth-order valence-corrected chi connectivity index (χ4v) is 5.71. The minimum atomic E-state index is -1.20. The number of hydrogen-bond donors (Lipinski definition) is 2. The number of amides is 1. The Morgan fingerprint density at radius 2 is 1.62 bits per heavy atom. The summed E-state index contributed by atoms with van der Waals surface area (Å²) in [7, 11) is 1.56. The van der Waals surface area contributed by atoms with Crippen LogP contribution < -0.4 is 14.8 Å². The van der Waals surface area contributed by atoms with Crippen molar-refractivity contribution in [3.05, 3.63) is 83.4 Å². The summed E-state index contributed by atoms with van der Waals surface area (Å²) in [6.07, 6.45) is 2.91. The molecule has 3 aromatic carbocycles. The van der Waals surface area contributed by atoms with E-state index in [0.29, 0.717) is 23.7 Å². The van der Waals surface area contributed by atoms with E-state index >= 15 is 0 Å². The van der Waals surface area contributed by atoms with Gasteiger partial charge in [-0.05, 0) is 54.3 Å². The van der Waals surface area contributed by atoms with Crippen LogP contribution in [0.15, 0.2) is 66.7 Å². The first-order chi connectivity index (χ1) is 19.5. The number of hydrogen-bond acceptors (Lipinski definition) is 6. The molecular formula is C32H36N2O6. The van der Waals surface area contributed by atoms with Crippen molar-refractivity contribution in [3.63, 3.8) is 0 Å². The summed E-state index contributed by atoms with van der Waals surface area (Å²) in [5.74, 6) is -0.237. The van der Waals surface area contributed by atoms with Crippen LogP contribution >= 0.6 is 0 Å². The van der Waals surface area contributed by atoms with Gasteiger partial charge in [0.1, 0.15) is 19.3 Å². The molecule has 8 heteroatoms. The number of carbonyl (C=O) groups excluding carboxylic acids is 1. The van der Waals surface area contributed by atoms with Crippen LogP contribution in [0.2, 0.25) is 0 Å². The molecule has 0 bridgehead atoms. The number of alkyl carbamates (subject to hydrolysis) is 1. The normalized spacial score (nSPS) is 15.5. The molecule has 8 nitrogen and oxygen atoms in total. The summed E-state index contributed by atoms with van der Waals surface area (Å²) in [6.45, 7) is 3.49. The largest absolute Gasteiger partial charge is 0.493 e. The van der Waals surface area contributed by atoms with Gasteiger partial charge in [-0.3, -0.25) is 4.90 Å². The zero-order valence-corrected chi connectivity index (χ0v) is 22.8. The number of methoxy groups -OCH3 is 1. The summed E-state index contributed by atoms with van der Waals surface area (Å²) in [6, 6.07) is 20.3. The molecule has 1 saturated heterocycles. The number of ether oxygens (including phenoxy) is 3. The molecule has 0 radical (unpaired) electrons. The Morgan fingerprint density at radius 3 is 2.27 bits per heavy atom. The lowest BCUT2D eigenvalue weighted by molar-refractivity contribution is -0.139. The molecule has 1 heterocycles. The third-order valence-corrected chi connectivity index (χ3v) is 7.74. The predicted molar refractivity (Wildman–Crippen MR) is 152 cm³/mol. The van der Waals surface area contributed by atoms with Crippen LogP contribution in [0.3, 0.4) is 0 Å². The highest BCUT2D eigenvalue weighted by Gasteiger charge is 2.30. The van der Waals surface area contributed by atoms with E-state index < -0.39 is 18.1 Å². The average molecular weight is 545 g/mol. The maximum Gasteiger partial charge on any atom is 0.407 e. The molecule has 40 heavy (non-hydrogen) atoms. The van der Waals surface area contributed by atoms with Crippen molar-refractivity contribution < 1.29 is 28.9 Å². The zero-order valence-electron chi connectivity index (χ0n) is 22.8. The summed E-state index contributed by atoms with van der Waals surface area (Å²) < 4.78 is 17.2. The van der Waals surface area contributed by atoms with Crippen molar-refractivity contribution in [2.75, 3.05) is 40.0 Å². The highest BCUT2D eigenvalue weighted by Crippen LogP contribution is 2.44. The molecule has 210 valence electrons. The maximum absolute atomic E-state index is 12.8. The van der Waals surface area contributed by atoms with Gasteiger partial charge in [0.15, 0.2) is 11.5 Å². The Kier molecular flexibility index (Phi) is 8.86.